The number of hydrogen-bond donors (Lipinski definition) is 2. The number of rotatable bonds is 4. The van der Waals surface area contributed by atoms with Gasteiger partial charge in [-0.05, 0) is 38.4 Å². The number of nitrogens with one attached hydrogen (secondary N) is 2. The predicted octanol–water partition coefficient (Wildman–Crippen LogP) is 1.77. The maximum absolute atomic E-state index is 12.4. The van der Waals surface area contributed by atoms with Gasteiger partial charge in [0.15, 0.2) is 0 Å². The van der Waals surface area contributed by atoms with E-state index in [1.165, 1.54) is 19.2 Å². The van der Waals surface area contributed by atoms with Crippen LogP contribution in [0.2, 0.25) is 5.02 Å². The average Bonchev–Trinajstić information content (AvgIpc) is 2.37. The van der Waals surface area contributed by atoms with Crippen molar-refractivity contribution in [1.29, 1.82) is 0 Å². The molecule has 1 aromatic rings. The first kappa shape index (κ1) is 15.6. The van der Waals surface area contributed by atoms with E-state index in [0.717, 1.165) is 19.4 Å². The number of ether oxygens (including phenoxy) is 1. The molecule has 2 rings (SSSR count). The lowest BCUT2D eigenvalue weighted by molar-refractivity contribution is 0.360. The first-order chi connectivity index (χ1) is 9.42. The fourth-order valence-electron chi connectivity index (χ4n) is 2.39. The molecular weight excluding hydrogens is 300 g/mol. The summed E-state index contributed by atoms with van der Waals surface area (Å²) in [6, 6.07) is 4.76. The lowest BCUT2D eigenvalue weighted by Crippen LogP contribution is -2.46. The molecule has 7 heteroatoms. The highest BCUT2D eigenvalue weighted by Crippen LogP contribution is 2.27. The van der Waals surface area contributed by atoms with E-state index in [2.05, 4.69) is 10.0 Å². The topological polar surface area (TPSA) is 67.4 Å². The second kappa shape index (κ2) is 6.30. The number of piperidine rings is 1. The number of sulfonamides is 1. The van der Waals surface area contributed by atoms with Crippen molar-refractivity contribution in [2.45, 2.75) is 36.7 Å². The van der Waals surface area contributed by atoms with Gasteiger partial charge in [-0.2, -0.15) is 0 Å². The Kier molecular flexibility index (Phi) is 4.90. The lowest BCUT2D eigenvalue weighted by Gasteiger charge is -2.28. The summed E-state index contributed by atoms with van der Waals surface area (Å²) in [4.78, 5) is 0.121. The van der Waals surface area contributed by atoms with Gasteiger partial charge in [-0.1, -0.05) is 11.6 Å². The van der Waals surface area contributed by atoms with E-state index in [1.807, 2.05) is 6.92 Å². The highest BCUT2D eigenvalue weighted by atomic mass is 35.5. The van der Waals surface area contributed by atoms with E-state index in [0.29, 0.717) is 11.1 Å². The SMILES string of the molecule is COc1cc(Cl)ccc1S(=O)(=O)NC1CCNC(C)C1. The molecule has 1 heterocycles. The minimum Gasteiger partial charge on any atom is -0.495 e. The predicted molar refractivity (Wildman–Crippen MR) is 78.8 cm³/mol. The molecular formula is C13H19ClN2O3S. The van der Waals surface area contributed by atoms with Crippen LogP contribution in [-0.4, -0.2) is 34.2 Å². The molecule has 0 aliphatic carbocycles. The van der Waals surface area contributed by atoms with Crippen LogP contribution in [-0.2, 0) is 10.0 Å². The summed E-state index contributed by atoms with van der Waals surface area (Å²) >= 11 is 5.85. The van der Waals surface area contributed by atoms with Crippen molar-refractivity contribution in [3.05, 3.63) is 23.2 Å². The molecule has 1 aliphatic rings. The second-order valence-corrected chi connectivity index (χ2v) is 7.11. The zero-order valence-electron chi connectivity index (χ0n) is 11.5. The van der Waals surface area contributed by atoms with Crippen LogP contribution < -0.4 is 14.8 Å². The maximum Gasteiger partial charge on any atom is 0.244 e. The van der Waals surface area contributed by atoms with Gasteiger partial charge in [0.05, 0.1) is 7.11 Å². The van der Waals surface area contributed by atoms with Gasteiger partial charge in [0, 0.05) is 23.2 Å². The summed E-state index contributed by atoms with van der Waals surface area (Å²) in [5.74, 6) is 0.256. The minimum absolute atomic E-state index is 0.0587. The monoisotopic (exact) mass is 318 g/mol. The van der Waals surface area contributed by atoms with Gasteiger partial charge in [-0.25, -0.2) is 13.1 Å². The van der Waals surface area contributed by atoms with E-state index in [-0.39, 0.29) is 16.7 Å². The highest BCUT2D eigenvalue weighted by molar-refractivity contribution is 7.89. The van der Waals surface area contributed by atoms with E-state index in [9.17, 15) is 8.42 Å². The zero-order valence-corrected chi connectivity index (χ0v) is 13.1. The number of benzene rings is 1. The largest absolute Gasteiger partial charge is 0.495 e. The number of halogens is 1. The van der Waals surface area contributed by atoms with E-state index in [1.54, 1.807) is 6.07 Å². The summed E-state index contributed by atoms with van der Waals surface area (Å²) in [6.07, 6.45) is 1.55. The molecule has 112 valence electrons. The molecule has 2 N–H and O–H groups in total. The Labute approximate surface area is 124 Å². The molecule has 20 heavy (non-hydrogen) atoms. The Bertz CT molecular complexity index is 577. The van der Waals surface area contributed by atoms with Crippen LogP contribution in [0.3, 0.4) is 0 Å². The molecule has 1 fully saturated rings. The lowest BCUT2D eigenvalue weighted by atomic mass is 10.0. The molecule has 1 aliphatic heterocycles. The van der Waals surface area contributed by atoms with Crippen LogP contribution in [0.25, 0.3) is 0 Å². The first-order valence-electron chi connectivity index (χ1n) is 6.51. The van der Waals surface area contributed by atoms with Crippen molar-refractivity contribution in [3.8, 4) is 5.75 Å². The van der Waals surface area contributed by atoms with Gasteiger partial charge in [-0.15, -0.1) is 0 Å². The van der Waals surface area contributed by atoms with Crippen LogP contribution in [0.5, 0.6) is 5.75 Å². The van der Waals surface area contributed by atoms with Crippen LogP contribution >= 0.6 is 11.6 Å². The van der Waals surface area contributed by atoms with Crippen LogP contribution in [0.4, 0.5) is 0 Å². The van der Waals surface area contributed by atoms with Gasteiger partial charge < -0.3 is 10.1 Å². The van der Waals surface area contributed by atoms with Crippen LogP contribution in [0.1, 0.15) is 19.8 Å². The van der Waals surface area contributed by atoms with Crippen molar-refractivity contribution >= 4 is 21.6 Å². The van der Waals surface area contributed by atoms with Gasteiger partial charge in [0.1, 0.15) is 10.6 Å². The van der Waals surface area contributed by atoms with Crippen molar-refractivity contribution < 1.29 is 13.2 Å². The van der Waals surface area contributed by atoms with E-state index >= 15 is 0 Å². The first-order valence-corrected chi connectivity index (χ1v) is 8.38. The standard InChI is InChI=1S/C13H19ClN2O3S/c1-9-7-11(5-6-15-9)16-20(17,18)13-4-3-10(14)8-12(13)19-2/h3-4,8-9,11,15-16H,5-7H2,1-2H3. The normalized spacial score (nSPS) is 23.6. The Morgan fingerprint density at radius 3 is 2.85 bits per heavy atom. The Balaban J connectivity index is 2.22. The molecule has 2 atom stereocenters. The molecule has 0 saturated carbocycles. The molecule has 0 amide bonds. The molecule has 0 spiro atoms. The molecule has 0 aromatic heterocycles. The smallest absolute Gasteiger partial charge is 0.244 e. The minimum atomic E-state index is -3.60. The van der Waals surface area contributed by atoms with Gasteiger partial charge >= 0.3 is 0 Å². The molecule has 1 aromatic carbocycles. The van der Waals surface area contributed by atoms with Crippen LogP contribution in [0, 0.1) is 0 Å². The van der Waals surface area contributed by atoms with Gasteiger partial charge in [-0.3, -0.25) is 0 Å². The van der Waals surface area contributed by atoms with Crippen molar-refractivity contribution in [2.24, 2.45) is 0 Å². The summed E-state index contributed by atoms with van der Waals surface area (Å²) in [5, 5.41) is 3.73. The third kappa shape index (κ3) is 3.63. The number of methoxy groups -OCH3 is 1. The molecule has 0 radical (unpaired) electrons. The van der Waals surface area contributed by atoms with Gasteiger partial charge in [0.25, 0.3) is 0 Å². The quantitative estimate of drug-likeness (QED) is 0.888. The van der Waals surface area contributed by atoms with Gasteiger partial charge in [0.2, 0.25) is 10.0 Å². The summed E-state index contributed by atoms with van der Waals surface area (Å²) in [5.41, 5.74) is 0. The summed E-state index contributed by atoms with van der Waals surface area (Å²) < 4.78 is 32.7. The van der Waals surface area contributed by atoms with Crippen molar-refractivity contribution in [2.75, 3.05) is 13.7 Å². The fourth-order valence-corrected chi connectivity index (χ4v) is 3.98. The van der Waals surface area contributed by atoms with Crippen LogP contribution in [0.15, 0.2) is 23.1 Å². The zero-order chi connectivity index (χ0) is 14.8. The second-order valence-electron chi connectivity index (χ2n) is 4.99. The number of hydrogen-bond acceptors (Lipinski definition) is 4. The Hall–Kier alpha value is -0.820. The Morgan fingerprint density at radius 1 is 1.45 bits per heavy atom. The molecule has 1 saturated heterocycles. The Morgan fingerprint density at radius 2 is 2.20 bits per heavy atom. The third-order valence-corrected chi connectivity index (χ3v) is 5.16. The average molecular weight is 319 g/mol. The van der Waals surface area contributed by atoms with E-state index in [4.69, 9.17) is 16.3 Å². The summed E-state index contributed by atoms with van der Waals surface area (Å²) in [7, 11) is -2.18. The highest BCUT2D eigenvalue weighted by Gasteiger charge is 2.26. The maximum atomic E-state index is 12.4. The van der Waals surface area contributed by atoms with Crippen molar-refractivity contribution in [3.63, 3.8) is 0 Å². The molecule has 2 unspecified atom stereocenters. The fraction of sp³-hybridized carbons (Fsp3) is 0.538. The third-order valence-electron chi connectivity index (χ3n) is 3.36. The van der Waals surface area contributed by atoms with E-state index < -0.39 is 10.0 Å². The van der Waals surface area contributed by atoms with Crippen molar-refractivity contribution in [1.82, 2.24) is 10.0 Å². The summed E-state index contributed by atoms with van der Waals surface area (Å²) in [6.45, 7) is 2.86. The molecule has 0 bridgehead atoms. The molecule has 5 nitrogen and oxygen atoms in total.